The Balaban J connectivity index is 1.82. The summed E-state index contributed by atoms with van der Waals surface area (Å²) in [6.07, 6.45) is 0.924. The molecule has 0 radical (unpaired) electrons. The second-order valence-corrected chi connectivity index (χ2v) is 7.98. The minimum atomic E-state index is -0.487. The van der Waals surface area contributed by atoms with Crippen molar-refractivity contribution in [3.63, 3.8) is 0 Å². The van der Waals surface area contributed by atoms with Crippen LogP contribution in [-0.2, 0) is 11.2 Å². The first-order valence-electron chi connectivity index (χ1n) is 9.41. The number of hydrogen-bond acceptors (Lipinski definition) is 5. The molecule has 0 aromatic heterocycles. The zero-order chi connectivity index (χ0) is 19.5. The maximum Gasteiger partial charge on any atom is 0.141 e. The Bertz CT molecular complexity index is 961. The van der Waals surface area contributed by atoms with Crippen LogP contribution < -0.4 is 10.0 Å². The number of nitrogens with one attached hydrogen (secondary N) is 2. The lowest BCUT2D eigenvalue weighted by atomic mass is 9.90. The van der Waals surface area contributed by atoms with E-state index in [4.69, 9.17) is 10.00 Å². The third kappa shape index (κ3) is 3.85. The number of halogens is 1. The molecule has 0 aliphatic carbocycles. The lowest BCUT2D eigenvalue weighted by Crippen LogP contribution is -2.39. The highest BCUT2D eigenvalue weighted by Crippen LogP contribution is 2.41. The minimum absolute atomic E-state index is 0.0652. The molecule has 1 saturated heterocycles. The van der Waals surface area contributed by atoms with Crippen LogP contribution in [0.3, 0.4) is 0 Å². The molecule has 4 nitrogen and oxygen atoms in total. The SMILES string of the molecule is CC1=C(c2c(CC3CNCCO3)cccc2-c2ccc(C#N)c(F)c2)SNC1. The Labute approximate surface area is 168 Å². The van der Waals surface area contributed by atoms with E-state index in [1.807, 2.05) is 24.3 Å². The van der Waals surface area contributed by atoms with Gasteiger partial charge in [-0.25, -0.2) is 4.39 Å². The molecule has 1 unspecified atom stereocenters. The Kier molecular flexibility index (Phi) is 5.79. The molecular weight excluding hydrogens is 373 g/mol. The van der Waals surface area contributed by atoms with Crippen molar-refractivity contribution in [3.05, 3.63) is 64.5 Å². The van der Waals surface area contributed by atoms with Crippen molar-refractivity contribution < 1.29 is 9.13 Å². The summed E-state index contributed by atoms with van der Waals surface area (Å²) in [5.41, 5.74) is 5.43. The number of nitrogens with zero attached hydrogens (tertiary/aromatic N) is 1. The van der Waals surface area contributed by atoms with Gasteiger partial charge in [-0.15, -0.1) is 0 Å². The molecule has 2 aromatic rings. The zero-order valence-corrected chi connectivity index (χ0v) is 16.5. The van der Waals surface area contributed by atoms with Crippen LogP contribution in [0.2, 0.25) is 0 Å². The summed E-state index contributed by atoms with van der Waals surface area (Å²) in [6, 6.07) is 12.9. The molecular formula is C22H22FN3OS. The van der Waals surface area contributed by atoms with Crippen molar-refractivity contribution in [1.29, 1.82) is 5.26 Å². The Hall–Kier alpha value is -2.17. The number of morpholine rings is 1. The van der Waals surface area contributed by atoms with Crippen LogP contribution in [-0.4, -0.2) is 32.3 Å². The molecule has 1 fully saturated rings. The van der Waals surface area contributed by atoms with Gasteiger partial charge in [-0.2, -0.15) is 5.26 Å². The fourth-order valence-electron chi connectivity index (χ4n) is 3.70. The molecule has 0 spiro atoms. The quantitative estimate of drug-likeness (QED) is 0.770. The average molecular weight is 396 g/mol. The van der Waals surface area contributed by atoms with Crippen molar-refractivity contribution in [2.45, 2.75) is 19.4 Å². The molecule has 0 saturated carbocycles. The Morgan fingerprint density at radius 1 is 1.32 bits per heavy atom. The van der Waals surface area contributed by atoms with Gasteiger partial charge in [0.25, 0.3) is 0 Å². The van der Waals surface area contributed by atoms with E-state index in [9.17, 15) is 4.39 Å². The van der Waals surface area contributed by atoms with Gasteiger partial charge in [0.2, 0.25) is 0 Å². The highest BCUT2D eigenvalue weighted by Gasteiger charge is 2.23. The van der Waals surface area contributed by atoms with Crippen LogP contribution in [0.15, 0.2) is 42.0 Å². The summed E-state index contributed by atoms with van der Waals surface area (Å²) in [6.45, 7) is 5.40. The number of hydrogen-bond donors (Lipinski definition) is 2. The predicted molar refractivity (Wildman–Crippen MR) is 111 cm³/mol. The van der Waals surface area contributed by atoms with Crippen LogP contribution in [0.4, 0.5) is 4.39 Å². The fourth-order valence-corrected chi connectivity index (χ4v) is 4.72. The van der Waals surface area contributed by atoms with E-state index in [1.54, 1.807) is 18.0 Å². The molecule has 0 bridgehead atoms. The molecule has 28 heavy (non-hydrogen) atoms. The van der Waals surface area contributed by atoms with Crippen molar-refractivity contribution in [1.82, 2.24) is 10.0 Å². The van der Waals surface area contributed by atoms with Gasteiger partial charge in [0, 0.05) is 36.5 Å². The number of ether oxygens (including phenoxy) is 1. The lowest BCUT2D eigenvalue weighted by molar-refractivity contribution is 0.0292. The third-order valence-electron chi connectivity index (χ3n) is 5.13. The first-order chi connectivity index (χ1) is 13.7. The van der Waals surface area contributed by atoms with Crippen LogP contribution in [0, 0.1) is 17.1 Å². The smallest absolute Gasteiger partial charge is 0.141 e. The molecule has 2 aliphatic heterocycles. The summed E-state index contributed by atoms with van der Waals surface area (Å²) in [5.74, 6) is -0.487. The third-order valence-corrected chi connectivity index (χ3v) is 6.17. The molecule has 2 N–H and O–H groups in total. The molecule has 2 aliphatic rings. The highest BCUT2D eigenvalue weighted by atomic mass is 32.2. The summed E-state index contributed by atoms with van der Waals surface area (Å²) < 4.78 is 23.6. The van der Waals surface area contributed by atoms with Gasteiger partial charge in [-0.3, -0.25) is 4.72 Å². The van der Waals surface area contributed by atoms with Gasteiger partial charge >= 0.3 is 0 Å². The van der Waals surface area contributed by atoms with Crippen molar-refractivity contribution in [2.75, 3.05) is 26.2 Å². The highest BCUT2D eigenvalue weighted by molar-refractivity contribution is 8.06. The standard InChI is InChI=1S/C22H22FN3OS/c1-14-12-26-28-22(14)21-16(9-18-13-25-7-8-27-18)3-2-4-19(21)15-5-6-17(11-24)20(23)10-15/h2-6,10,18,25-26H,7-9,12-13H2,1H3. The largest absolute Gasteiger partial charge is 0.375 e. The topological polar surface area (TPSA) is 57.1 Å². The van der Waals surface area contributed by atoms with E-state index in [0.717, 1.165) is 49.4 Å². The van der Waals surface area contributed by atoms with Gasteiger partial charge in [0.15, 0.2) is 0 Å². The maximum atomic E-state index is 14.3. The van der Waals surface area contributed by atoms with Crippen LogP contribution in [0.25, 0.3) is 16.0 Å². The van der Waals surface area contributed by atoms with Crippen molar-refractivity contribution >= 4 is 16.9 Å². The second-order valence-electron chi connectivity index (χ2n) is 7.08. The van der Waals surface area contributed by atoms with Gasteiger partial charge < -0.3 is 10.1 Å². The van der Waals surface area contributed by atoms with E-state index in [-0.39, 0.29) is 11.7 Å². The van der Waals surface area contributed by atoms with E-state index < -0.39 is 5.82 Å². The van der Waals surface area contributed by atoms with Gasteiger partial charge in [-0.1, -0.05) is 24.3 Å². The zero-order valence-electron chi connectivity index (χ0n) is 15.7. The van der Waals surface area contributed by atoms with Crippen LogP contribution in [0.1, 0.15) is 23.6 Å². The fraction of sp³-hybridized carbons (Fsp3) is 0.318. The summed E-state index contributed by atoms with van der Waals surface area (Å²) in [7, 11) is 0. The minimum Gasteiger partial charge on any atom is -0.375 e. The van der Waals surface area contributed by atoms with Crippen LogP contribution in [0.5, 0.6) is 0 Å². The first-order valence-corrected chi connectivity index (χ1v) is 10.2. The van der Waals surface area contributed by atoms with E-state index in [1.165, 1.54) is 22.1 Å². The Morgan fingerprint density at radius 3 is 2.89 bits per heavy atom. The number of nitriles is 1. The maximum absolute atomic E-state index is 14.3. The summed E-state index contributed by atoms with van der Waals surface area (Å²) in [4.78, 5) is 1.19. The number of rotatable bonds is 4. The number of benzene rings is 2. The van der Waals surface area contributed by atoms with E-state index in [0.29, 0.717) is 0 Å². The van der Waals surface area contributed by atoms with Crippen LogP contribution >= 0.6 is 11.9 Å². The molecule has 2 aromatic carbocycles. The second kappa shape index (κ2) is 8.46. The van der Waals surface area contributed by atoms with Gasteiger partial charge in [0.05, 0.1) is 18.3 Å². The van der Waals surface area contributed by atoms with Crippen molar-refractivity contribution in [2.24, 2.45) is 0 Å². The molecule has 4 rings (SSSR count). The van der Waals surface area contributed by atoms with Crippen molar-refractivity contribution in [3.8, 4) is 17.2 Å². The van der Waals surface area contributed by atoms with E-state index >= 15 is 0 Å². The Morgan fingerprint density at radius 2 is 2.21 bits per heavy atom. The molecule has 144 valence electrons. The predicted octanol–water partition coefficient (Wildman–Crippen LogP) is 3.88. The monoisotopic (exact) mass is 395 g/mol. The molecule has 0 amide bonds. The molecule has 6 heteroatoms. The normalized spacial score (nSPS) is 19.7. The van der Waals surface area contributed by atoms with E-state index in [2.05, 4.69) is 23.0 Å². The van der Waals surface area contributed by atoms with Gasteiger partial charge in [0.1, 0.15) is 11.9 Å². The molecule has 2 heterocycles. The first kappa shape index (κ1) is 19.2. The lowest BCUT2D eigenvalue weighted by Gasteiger charge is -2.25. The molecule has 1 atom stereocenters. The summed E-state index contributed by atoms with van der Waals surface area (Å²) >= 11 is 1.63. The van der Waals surface area contributed by atoms with Gasteiger partial charge in [-0.05, 0) is 53.3 Å². The summed E-state index contributed by atoms with van der Waals surface area (Å²) in [5, 5.41) is 12.4. The average Bonchev–Trinajstić information content (AvgIpc) is 3.14.